The Morgan fingerprint density at radius 1 is 1.04 bits per heavy atom. The van der Waals surface area contributed by atoms with E-state index in [1.54, 1.807) is 12.1 Å². The van der Waals surface area contributed by atoms with Crippen molar-refractivity contribution in [3.63, 3.8) is 0 Å². The van der Waals surface area contributed by atoms with Crippen molar-refractivity contribution in [1.82, 2.24) is 15.1 Å². The third-order valence-corrected chi connectivity index (χ3v) is 5.45. The average molecular weight is 371 g/mol. The summed E-state index contributed by atoms with van der Waals surface area (Å²) in [6, 6.07) is 20.0. The predicted molar refractivity (Wildman–Crippen MR) is 109 cm³/mol. The summed E-state index contributed by atoms with van der Waals surface area (Å²) < 4.78 is 0. The maximum absolute atomic E-state index is 10.1. The molecule has 0 amide bonds. The number of phenols is 1. The van der Waals surface area contributed by atoms with Crippen LogP contribution >= 0.6 is 0 Å². The van der Waals surface area contributed by atoms with Gasteiger partial charge in [-0.25, -0.2) is 0 Å². The predicted octanol–water partition coefficient (Wildman–Crippen LogP) is 3.37. The van der Waals surface area contributed by atoms with Crippen molar-refractivity contribution in [3.8, 4) is 17.0 Å². The Balaban J connectivity index is 1.43. The normalized spacial score (nSPS) is 17.9. The first-order valence-corrected chi connectivity index (χ1v) is 9.38. The topological polar surface area (TPSA) is 78.5 Å². The van der Waals surface area contributed by atoms with E-state index < -0.39 is 0 Å². The van der Waals surface area contributed by atoms with E-state index in [1.807, 2.05) is 24.3 Å². The largest absolute Gasteiger partial charge is 0.507 e. The lowest BCUT2D eigenvalue weighted by Crippen LogP contribution is -2.36. The Labute approximate surface area is 163 Å². The highest BCUT2D eigenvalue weighted by Gasteiger charge is 2.37. The molecule has 0 aliphatic carbocycles. The minimum absolute atomic E-state index is 0.184. The fraction of sp³-hybridized carbons (Fsp3) is 0.182. The molecule has 1 aromatic heterocycles. The van der Waals surface area contributed by atoms with Crippen LogP contribution in [0, 0.1) is 0 Å². The average Bonchev–Trinajstić information content (AvgIpc) is 3.30. The highest BCUT2D eigenvalue weighted by molar-refractivity contribution is 5.76. The fourth-order valence-electron chi connectivity index (χ4n) is 4.04. The van der Waals surface area contributed by atoms with Gasteiger partial charge in [0.25, 0.3) is 0 Å². The lowest BCUT2D eigenvalue weighted by atomic mass is 10.1. The van der Waals surface area contributed by atoms with Crippen molar-refractivity contribution in [1.29, 1.82) is 0 Å². The monoisotopic (exact) mass is 371 g/mol. The smallest absolute Gasteiger partial charge is 0.170 e. The quantitative estimate of drug-likeness (QED) is 0.732. The van der Waals surface area contributed by atoms with E-state index >= 15 is 0 Å². The van der Waals surface area contributed by atoms with Gasteiger partial charge in [0, 0.05) is 37.0 Å². The molecule has 2 aliphatic rings. The molecule has 1 atom stereocenters. The number of fused-ring (bicyclic) bond motifs is 2. The SMILES string of the molecule is Nc1nnc(-c2ccccc2O)cc1N1C[C@@H]2CC1=CN2Cc1ccccc1. The number of nitrogens with zero attached hydrogens (tertiary/aromatic N) is 4. The van der Waals surface area contributed by atoms with Crippen molar-refractivity contribution < 1.29 is 5.11 Å². The number of rotatable bonds is 4. The van der Waals surface area contributed by atoms with E-state index in [4.69, 9.17) is 5.73 Å². The molecular weight excluding hydrogens is 350 g/mol. The van der Waals surface area contributed by atoms with Gasteiger partial charge in [-0.15, -0.1) is 10.2 Å². The molecule has 6 heteroatoms. The minimum Gasteiger partial charge on any atom is -0.507 e. The summed E-state index contributed by atoms with van der Waals surface area (Å²) >= 11 is 0. The molecule has 2 aromatic carbocycles. The van der Waals surface area contributed by atoms with Gasteiger partial charge < -0.3 is 20.6 Å². The van der Waals surface area contributed by atoms with Gasteiger partial charge in [0.05, 0.1) is 17.4 Å². The molecule has 0 saturated carbocycles. The maximum Gasteiger partial charge on any atom is 0.170 e. The molecule has 0 spiro atoms. The number of phenolic OH excluding ortho intramolecular Hbond substituents is 1. The number of benzene rings is 2. The zero-order valence-corrected chi connectivity index (χ0v) is 15.4. The molecule has 0 unspecified atom stereocenters. The minimum atomic E-state index is 0.184. The summed E-state index contributed by atoms with van der Waals surface area (Å²) in [5, 5.41) is 18.5. The van der Waals surface area contributed by atoms with E-state index in [-0.39, 0.29) is 5.75 Å². The molecule has 3 aromatic rings. The van der Waals surface area contributed by atoms with E-state index in [1.165, 1.54) is 11.3 Å². The number of nitrogen functional groups attached to an aromatic ring is 1. The number of anilines is 2. The second kappa shape index (κ2) is 6.56. The molecule has 2 bridgehead atoms. The standard InChI is InChI=1S/C22H21N5O/c23-22-20(11-19(24-25-22)18-8-4-5-9-21(18)28)27-14-16-10-17(27)13-26(16)12-15-6-2-1-3-7-15/h1-9,11,13,16,28H,10,12,14H2,(H2,23,25)/t16-/m0/s1. The number of para-hydroxylation sites is 1. The van der Waals surface area contributed by atoms with Crippen molar-refractivity contribution >= 4 is 11.5 Å². The molecule has 28 heavy (non-hydrogen) atoms. The third-order valence-electron chi connectivity index (χ3n) is 5.45. The third kappa shape index (κ3) is 2.83. The summed E-state index contributed by atoms with van der Waals surface area (Å²) in [5.74, 6) is 0.589. The maximum atomic E-state index is 10.1. The Morgan fingerprint density at radius 2 is 1.82 bits per heavy atom. The van der Waals surface area contributed by atoms with Crippen molar-refractivity contribution in [3.05, 3.63) is 78.1 Å². The summed E-state index contributed by atoms with van der Waals surface area (Å²) in [5.41, 5.74) is 10.8. The van der Waals surface area contributed by atoms with Crippen LogP contribution in [0.2, 0.25) is 0 Å². The zero-order valence-electron chi connectivity index (χ0n) is 15.4. The van der Waals surface area contributed by atoms with Crippen molar-refractivity contribution in [2.45, 2.75) is 19.0 Å². The molecule has 0 radical (unpaired) electrons. The number of aromatic hydroxyl groups is 1. The van der Waals surface area contributed by atoms with Crippen LogP contribution in [0.5, 0.6) is 5.75 Å². The fourth-order valence-corrected chi connectivity index (χ4v) is 4.04. The summed E-state index contributed by atoms with van der Waals surface area (Å²) in [4.78, 5) is 4.62. The first-order chi connectivity index (χ1) is 13.7. The van der Waals surface area contributed by atoms with E-state index in [0.717, 1.165) is 25.2 Å². The van der Waals surface area contributed by atoms with Crippen molar-refractivity contribution in [2.24, 2.45) is 0 Å². The van der Waals surface area contributed by atoms with Gasteiger partial charge in [0.1, 0.15) is 5.75 Å². The van der Waals surface area contributed by atoms with Crippen LogP contribution in [0.3, 0.4) is 0 Å². The van der Waals surface area contributed by atoms with Crippen LogP contribution < -0.4 is 10.6 Å². The van der Waals surface area contributed by atoms with Crippen molar-refractivity contribution in [2.75, 3.05) is 17.2 Å². The Morgan fingerprint density at radius 3 is 2.57 bits per heavy atom. The Kier molecular flexibility index (Phi) is 3.90. The molecule has 6 nitrogen and oxygen atoms in total. The molecule has 3 N–H and O–H groups in total. The summed E-state index contributed by atoms with van der Waals surface area (Å²) in [6.45, 7) is 1.78. The Hall–Kier alpha value is -3.54. The molecule has 5 rings (SSSR count). The zero-order chi connectivity index (χ0) is 19.1. The summed E-state index contributed by atoms with van der Waals surface area (Å²) in [6.07, 6.45) is 3.22. The molecule has 2 aliphatic heterocycles. The molecule has 1 fully saturated rings. The first kappa shape index (κ1) is 16.6. The van der Waals surface area contributed by atoms with Crippen LogP contribution in [-0.2, 0) is 6.54 Å². The number of hydrogen-bond acceptors (Lipinski definition) is 6. The van der Waals surface area contributed by atoms with Gasteiger partial charge in [-0.3, -0.25) is 0 Å². The highest BCUT2D eigenvalue weighted by Crippen LogP contribution is 2.40. The van der Waals surface area contributed by atoms with Crippen LogP contribution in [-0.4, -0.2) is 32.8 Å². The van der Waals surface area contributed by atoms with E-state index in [0.29, 0.717) is 23.1 Å². The van der Waals surface area contributed by atoms with Gasteiger partial charge >= 0.3 is 0 Å². The van der Waals surface area contributed by atoms with Gasteiger partial charge in [0.2, 0.25) is 0 Å². The number of aromatic nitrogens is 2. The number of nitrogens with two attached hydrogens (primary N) is 1. The van der Waals surface area contributed by atoms with Crippen LogP contribution in [0.1, 0.15) is 12.0 Å². The molecular formula is C22H21N5O. The first-order valence-electron chi connectivity index (χ1n) is 9.38. The second-order valence-electron chi connectivity index (χ2n) is 7.26. The molecule has 1 saturated heterocycles. The van der Waals surface area contributed by atoms with Gasteiger partial charge in [0.15, 0.2) is 5.82 Å². The lowest BCUT2D eigenvalue weighted by Gasteiger charge is -2.31. The lowest BCUT2D eigenvalue weighted by molar-refractivity contribution is 0.301. The van der Waals surface area contributed by atoms with Crippen LogP contribution in [0.4, 0.5) is 11.5 Å². The Bertz CT molecular complexity index is 1050. The number of hydrogen-bond donors (Lipinski definition) is 2. The van der Waals surface area contributed by atoms with E-state index in [2.05, 4.69) is 50.5 Å². The van der Waals surface area contributed by atoms with Crippen LogP contribution in [0.25, 0.3) is 11.3 Å². The molecule has 3 heterocycles. The van der Waals surface area contributed by atoms with Gasteiger partial charge in [-0.05, 0) is 23.8 Å². The van der Waals surface area contributed by atoms with E-state index in [9.17, 15) is 5.11 Å². The second-order valence-corrected chi connectivity index (χ2v) is 7.26. The van der Waals surface area contributed by atoms with Gasteiger partial charge in [-0.2, -0.15) is 0 Å². The highest BCUT2D eigenvalue weighted by atomic mass is 16.3. The van der Waals surface area contributed by atoms with Crippen LogP contribution in [0.15, 0.2) is 72.6 Å². The van der Waals surface area contributed by atoms with Gasteiger partial charge in [-0.1, -0.05) is 42.5 Å². The summed E-state index contributed by atoms with van der Waals surface area (Å²) in [7, 11) is 0. The molecule has 140 valence electrons.